The molecular formula is C28H32FN3O3. The lowest BCUT2D eigenvalue weighted by atomic mass is 9.82. The van der Waals surface area contributed by atoms with Crippen LogP contribution < -0.4 is 10.2 Å². The summed E-state index contributed by atoms with van der Waals surface area (Å²) in [5, 5.41) is 13.6. The van der Waals surface area contributed by atoms with Crippen LogP contribution in [0.5, 0.6) is 0 Å². The molecule has 184 valence electrons. The standard InChI is InChI=1S/C28H32FN3O3/c29-21-8-12-23(13-9-21)31-16-14-24(15-17-31)32-18-25(26(33)28(32)35)27(34)30-22-10-6-20(7-11-22)19-4-2-1-3-5-19/h1-5,8-9,12-13,20,22,24,33H,6-7,10-11,14-18H2,(H,30,34)/t20-,22+. The highest BCUT2D eigenvalue weighted by molar-refractivity contribution is 6.07. The lowest BCUT2D eigenvalue weighted by Gasteiger charge is -2.37. The van der Waals surface area contributed by atoms with Crippen LogP contribution in [0.1, 0.15) is 50.0 Å². The minimum atomic E-state index is -0.455. The summed E-state index contributed by atoms with van der Waals surface area (Å²) in [6.45, 7) is 1.61. The Bertz CT molecular complexity index is 1090. The summed E-state index contributed by atoms with van der Waals surface area (Å²) in [5.74, 6) is -0.945. The van der Waals surface area contributed by atoms with Gasteiger partial charge in [0.25, 0.3) is 11.8 Å². The fourth-order valence-corrected chi connectivity index (χ4v) is 5.71. The van der Waals surface area contributed by atoms with E-state index in [-0.39, 0.29) is 35.9 Å². The van der Waals surface area contributed by atoms with Gasteiger partial charge in [-0.1, -0.05) is 30.3 Å². The Kier molecular flexibility index (Phi) is 6.75. The van der Waals surface area contributed by atoms with E-state index in [1.54, 1.807) is 17.0 Å². The van der Waals surface area contributed by atoms with Gasteiger partial charge in [-0.15, -0.1) is 0 Å². The van der Waals surface area contributed by atoms with Gasteiger partial charge >= 0.3 is 0 Å². The monoisotopic (exact) mass is 477 g/mol. The number of hydrogen-bond acceptors (Lipinski definition) is 4. The molecular weight excluding hydrogens is 445 g/mol. The molecule has 1 saturated heterocycles. The van der Waals surface area contributed by atoms with E-state index in [9.17, 15) is 19.1 Å². The summed E-state index contributed by atoms with van der Waals surface area (Å²) in [5.41, 5.74) is 2.49. The highest BCUT2D eigenvalue weighted by Gasteiger charge is 2.39. The molecule has 35 heavy (non-hydrogen) atoms. The number of halogens is 1. The maximum absolute atomic E-state index is 13.2. The van der Waals surface area contributed by atoms with Crippen LogP contribution in [0, 0.1) is 5.82 Å². The zero-order valence-electron chi connectivity index (χ0n) is 19.8. The number of amides is 2. The summed E-state index contributed by atoms with van der Waals surface area (Å²) in [6, 6.07) is 16.9. The number of hydrogen-bond donors (Lipinski definition) is 2. The minimum absolute atomic E-state index is 0.0343. The number of aliphatic hydroxyl groups excluding tert-OH is 1. The van der Waals surface area contributed by atoms with Crippen LogP contribution in [0.25, 0.3) is 0 Å². The number of anilines is 1. The van der Waals surface area contributed by atoms with Crippen molar-refractivity contribution >= 4 is 17.5 Å². The van der Waals surface area contributed by atoms with Crippen molar-refractivity contribution < 1.29 is 19.1 Å². The van der Waals surface area contributed by atoms with Crippen molar-refractivity contribution in [2.75, 3.05) is 24.5 Å². The van der Waals surface area contributed by atoms with Gasteiger partial charge in [-0.05, 0) is 74.3 Å². The Morgan fingerprint density at radius 2 is 1.57 bits per heavy atom. The Balaban J connectivity index is 1.13. The first-order valence-corrected chi connectivity index (χ1v) is 12.6. The molecule has 0 spiro atoms. The van der Waals surface area contributed by atoms with Gasteiger partial charge in [-0.25, -0.2) is 4.39 Å². The highest BCUT2D eigenvalue weighted by atomic mass is 19.1. The molecule has 2 aromatic rings. The molecule has 0 unspecified atom stereocenters. The maximum Gasteiger partial charge on any atom is 0.289 e. The van der Waals surface area contributed by atoms with E-state index in [0.29, 0.717) is 5.92 Å². The molecule has 2 heterocycles. The molecule has 0 atom stereocenters. The second-order valence-corrected chi connectivity index (χ2v) is 9.89. The van der Waals surface area contributed by atoms with Gasteiger partial charge in [0.2, 0.25) is 0 Å². The van der Waals surface area contributed by atoms with Gasteiger partial charge < -0.3 is 20.2 Å². The lowest BCUT2D eigenvalue weighted by molar-refractivity contribution is -0.130. The topological polar surface area (TPSA) is 72.9 Å². The molecule has 2 aliphatic heterocycles. The zero-order valence-corrected chi connectivity index (χ0v) is 19.8. The zero-order chi connectivity index (χ0) is 24.4. The highest BCUT2D eigenvalue weighted by Crippen LogP contribution is 2.33. The van der Waals surface area contributed by atoms with Crippen LogP contribution >= 0.6 is 0 Å². The van der Waals surface area contributed by atoms with Gasteiger partial charge in [0.15, 0.2) is 5.76 Å². The van der Waals surface area contributed by atoms with E-state index in [2.05, 4.69) is 34.5 Å². The van der Waals surface area contributed by atoms with Crippen LogP contribution in [0.15, 0.2) is 65.9 Å². The Hall–Kier alpha value is -3.35. The molecule has 0 bridgehead atoms. The number of carbonyl (C=O) groups is 2. The number of carbonyl (C=O) groups excluding carboxylic acids is 2. The SMILES string of the molecule is O=C(N[C@H]1CC[C@@H](c2ccccc2)CC1)C1=C(O)C(=O)N(C2CCN(c3ccc(F)cc3)CC2)C1. The molecule has 2 N–H and O–H groups in total. The van der Waals surface area contributed by atoms with Crippen molar-refractivity contribution in [2.24, 2.45) is 0 Å². The van der Waals surface area contributed by atoms with E-state index in [0.717, 1.165) is 57.3 Å². The number of benzene rings is 2. The summed E-state index contributed by atoms with van der Waals surface area (Å²) >= 11 is 0. The van der Waals surface area contributed by atoms with E-state index in [1.165, 1.54) is 17.7 Å². The third-order valence-corrected chi connectivity index (χ3v) is 7.78. The van der Waals surface area contributed by atoms with Crippen molar-refractivity contribution in [3.63, 3.8) is 0 Å². The van der Waals surface area contributed by atoms with Crippen molar-refractivity contribution in [3.05, 3.63) is 77.3 Å². The van der Waals surface area contributed by atoms with Crippen molar-refractivity contribution in [2.45, 2.75) is 56.5 Å². The molecule has 2 aromatic carbocycles. The van der Waals surface area contributed by atoms with E-state index in [1.807, 2.05) is 6.07 Å². The van der Waals surface area contributed by atoms with Crippen molar-refractivity contribution in [3.8, 4) is 0 Å². The first-order chi connectivity index (χ1) is 17.0. The Labute approximate surface area is 205 Å². The smallest absolute Gasteiger partial charge is 0.289 e. The Morgan fingerprint density at radius 3 is 2.23 bits per heavy atom. The number of nitrogens with one attached hydrogen (secondary N) is 1. The molecule has 3 aliphatic rings. The fraction of sp³-hybridized carbons (Fsp3) is 0.429. The Morgan fingerprint density at radius 1 is 0.914 bits per heavy atom. The molecule has 5 rings (SSSR count). The van der Waals surface area contributed by atoms with Crippen LogP contribution in [0.3, 0.4) is 0 Å². The van der Waals surface area contributed by atoms with E-state index < -0.39 is 11.7 Å². The minimum Gasteiger partial charge on any atom is -0.503 e. The number of aliphatic hydroxyl groups is 1. The fourth-order valence-electron chi connectivity index (χ4n) is 5.71. The third-order valence-electron chi connectivity index (χ3n) is 7.78. The third kappa shape index (κ3) is 5.04. The van der Waals surface area contributed by atoms with Gasteiger partial charge in [0, 0.05) is 30.9 Å². The molecule has 0 aromatic heterocycles. The normalized spacial score (nSPS) is 23.6. The van der Waals surface area contributed by atoms with Crippen LogP contribution in [-0.2, 0) is 9.59 Å². The summed E-state index contributed by atoms with van der Waals surface area (Å²) < 4.78 is 13.2. The summed E-state index contributed by atoms with van der Waals surface area (Å²) in [4.78, 5) is 29.6. The second kappa shape index (κ2) is 10.1. The predicted octanol–water partition coefficient (Wildman–Crippen LogP) is 4.29. The average molecular weight is 478 g/mol. The molecule has 2 fully saturated rings. The lowest BCUT2D eigenvalue weighted by Crippen LogP contribution is -2.46. The average Bonchev–Trinajstić information content (AvgIpc) is 3.20. The number of rotatable bonds is 5. The first-order valence-electron chi connectivity index (χ1n) is 12.6. The first kappa shape index (κ1) is 23.4. The van der Waals surface area contributed by atoms with Gasteiger partial charge in [-0.2, -0.15) is 0 Å². The van der Waals surface area contributed by atoms with E-state index in [4.69, 9.17) is 0 Å². The molecule has 2 amide bonds. The largest absolute Gasteiger partial charge is 0.503 e. The predicted molar refractivity (Wildman–Crippen MR) is 133 cm³/mol. The maximum atomic E-state index is 13.2. The van der Waals surface area contributed by atoms with Crippen LogP contribution in [0.4, 0.5) is 10.1 Å². The van der Waals surface area contributed by atoms with Crippen molar-refractivity contribution in [1.29, 1.82) is 0 Å². The van der Waals surface area contributed by atoms with Gasteiger partial charge in [0.05, 0.1) is 12.1 Å². The molecule has 1 saturated carbocycles. The van der Waals surface area contributed by atoms with E-state index >= 15 is 0 Å². The van der Waals surface area contributed by atoms with Crippen molar-refractivity contribution in [1.82, 2.24) is 10.2 Å². The molecule has 7 heteroatoms. The number of nitrogens with zero attached hydrogens (tertiary/aromatic N) is 2. The van der Waals surface area contributed by atoms with Crippen LogP contribution in [0.2, 0.25) is 0 Å². The molecule has 6 nitrogen and oxygen atoms in total. The van der Waals surface area contributed by atoms with Gasteiger partial charge in [0.1, 0.15) is 5.82 Å². The molecule has 1 aliphatic carbocycles. The summed E-state index contributed by atoms with van der Waals surface area (Å²) in [7, 11) is 0. The van der Waals surface area contributed by atoms with Gasteiger partial charge in [-0.3, -0.25) is 9.59 Å². The van der Waals surface area contributed by atoms with Crippen LogP contribution in [-0.4, -0.2) is 53.5 Å². The second-order valence-electron chi connectivity index (χ2n) is 9.89. The quantitative estimate of drug-likeness (QED) is 0.674. The number of piperidine rings is 1. The molecule has 0 radical (unpaired) electrons. The summed E-state index contributed by atoms with van der Waals surface area (Å²) in [6.07, 6.45) is 5.26.